The molecule has 1 heterocycles. The SMILES string of the molecule is Cc1ccc(S(=O)(=O)NCCC(=O)NCC(CC(C)C)N2CCOCC2)cc1C. The highest BCUT2D eigenvalue weighted by molar-refractivity contribution is 7.89. The number of hydrogen-bond donors (Lipinski definition) is 2. The first-order valence-corrected chi connectivity index (χ1v) is 11.8. The number of amides is 1. The van der Waals surface area contributed by atoms with Crippen LogP contribution >= 0.6 is 0 Å². The number of aryl methyl sites for hydroxylation is 2. The van der Waals surface area contributed by atoms with Gasteiger partial charge in [0.25, 0.3) is 0 Å². The van der Waals surface area contributed by atoms with Crippen molar-refractivity contribution in [3.8, 4) is 0 Å². The van der Waals surface area contributed by atoms with Gasteiger partial charge >= 0.3 is 0 Å². The summed E-state index contributed by atoms with van der Waals surface area (Å²) in [4.78, 5) is 14.8. The topological polar surface area (TPSA) is 87.7 Å². The van der Waals surface area contributed by atoms with Crippen LogP contribution in [0.1, 0.15) is 37.8 Å². The number of benzene rings is 1. The summed E-state index contributed by atoms with van der Waals surface area (Å²) in [5, 5.41) is 2.97. The average molecular weight is 426 g/mol. The second-order valence-corrected chi connectivity index (χ2v) is 9.90. The third-order valence-electron chi connectivity index (χ3n) is 5.27. The van der Waals surface area contributed by atoms with Gasteiger partial charge in [-0.15, -0.1) is 0 Å². The lowest BCUT2D eigenvalue weighted by molar-refractivity contribution is -0.121. The summed E-state index contributed by atoms with van der Waals surface area (Å²) in [6, 6.07) is 5.30. The minimum Gasteiger partial charge on any atom is -0.379 e. The van der Waals surface area contributed by atoms with Crippen LogP contribution in [-0.4, -0.2) is 64.7 Å². The Morgan fingerprint density at radius 3 is 2.48 bits per heavy atom. The summed E-state index contributed by atoms with van der Waals surface area (Å²) in [6.07, 6.45) is 1.11. The van der Waals surface area contributed by atoms with E-state index in [1.807, 2.05) is 13.8 Å². The summed E-state index contributed by atoms with van der Waals surface area (Å²) < 4.78 is 32.8. The molecule has 2 rings (SSSR count). The van der Waals surface area contributed by atoms with Gasteiger partial charge in [0.05, 0.1) is 18.1 Å². The fourth-order valence-electron chi connectivity index (χ4n) is 3.43. The van der Waals surface area contributed by atoms with Crippen LogP contribution in [-0.2, 0) is 19.6 Å². The Hall–Kier alpha value is -1.48. The average Bonchev–Trinajstić information content (AvgIpc) is 2.67. The van der Waals surface area contributed by atoms with Gasteiger partial charge in [0.1, 0.15) is 0 Å². The highest BCUT2D eigenvalue weighted by atomic mass is 32.2. The molecule has 1 fully saturated rings. The number of nitrogens with one attached hydrogen (secondary N) is 2. The zero-order chi connectivity index (χ0) is 21.4. The van der Waals surface area contributed by atoms with Crippen LogP contribution in [0.5, 0.6) is 0 Å². The molecular formula is C21H35N3O4S. The van der Waals surface area contributed by atoms with E-state index in [1.54, 1.807) is 18.2 Å². The molecule has 1 unspecified atom stereocenters. The highest BCUT2D eigenvalue weighted by Crippen LogP contribution is 2.15. The molecule has 2 N–H and O–H groups in total. The maximum Gasteiger partial charge on any atom is 0.240 e. The summed E-state index contributed by atoms with van der Waals surface area (Å²) in [6.45, 7) is 12.0. The molecule has 7 nitrogen and oxygen atoms in total. The van der Waals surface area contributed by atoms with Crippen LogP contribution in [0.4, 0.5) is 0 Å². The summed E-state index contributed by atoms with van der Waals surface area (Å²) in [5.74, 6) is 0.388. The first-order chi connectivity index (χ1) is 13.7. The molecule has 1 saturated heterocycles. The largest absolute Gasteiger partial charge is 0.379 e. The Morgan fingerprint density at radius 2 is 1.86 bits per heavy atom. The van der Waals surface area contributed by atoms with Gasteiger partial charge in [0, 0.05) is 38.6 Å². The fraction of sp³-hybridized carbons (Fsp3) is 0.667. The molecule has 0 aromatic heterocycles. The van der Waals surface area contributed by atoms with E-state index >= 15 is 0 Å². The lowest BCUT2D eigenvalue weighted by atomic mass is 10.0. The summed E-state index contributed by atoms with van der Waals surface area (Å²) >= 11 is 0. The normalized spacial score (nSPS) is 16.7. The predicted octanol–water partition coefficient (Wildman–Crippen LogP) is 1.83. The molecule has 1 aliphatic rings. The van der Waals surface area contributed by atoms with Crippen molar-refractivity contribution in [2.45, 2.75) is 51.5 Å². The predicted molar refractivity (Wildman–Crippen MR) is 114 cm³/mol. The van der Waals surface area contributed by atoms with Gasteiger partial charge in [-0.2, -0.15) is 0 Å². The Labute approximate surface area is 175 Å². The number of nitrogens with zero attached hydrogens (tertiary/aromatic N) is 1. The van der Waals surface area contributed by atoms with Gasteiger partial charge in [-0.05, 0) is 49.4 Å². The molecule has 1 atom stereocenters. The number of carbonyl (C=O) groups excluding carboxylic acids is 1. The monoisotopic (exact) mass is 425 g/mol. The molecule has 1 aromatic rings. The zero-order valence-electron chi connectivity index (χ0n) is 18.0. The summed E-state index contributed by atoms with van der Waals surface area (Å²) in [7, 11) is -3.61. The lowest BCUT2D eigenvalue weighted by Crippen LogP contribution is -2.49. The van der Waals surface area contributed by atoms with E-state index in [0.29, 0.717) is 12.5 Å². The number of carbonyl (C=O) groups is 1. The van der Waals surface area contributed by atoms with Crippen LogP contribution in [0, 0.1) is 19.8 Å². The quantitative estimate of drug-likeness (QED) is 0.597. The van der Waals surface area contributed by atoms with Gasteiger partial charge in [0.15, 0.2) is 0 Å². The molecule has 29 heavy (non-hydrogen) atoms. The van der Waals surface area contributed by atoms with Crippen molar-refractivity contribution in [1.29, 1.82) is 0 Å². The van der Waals surface area contributed by atoms with Crippen molar-refractivity contribution in [1.82, 2.24) is 14.9 Å². The van der Waals surface area contributed by atoms with Crippen molar-refractivity contribution < 1.29 is 17.9 Å². The van der Waals surface area contributed by atoms with Crippen LogP contribution in [0.25, 0.3) is 0 Å². The first kappa shape index (κ1) is 23.8. The number of rotatable bonds is 10. The Morgan fingerprint density at radius 1 is 1.17 bits per heavy atom. The molecule has 1 aromatic carbocycles. The molecule has 8 heteroatoms. The molecule has 0 aliphatic carbocycles. The molecule has 0 radical (unpaired) electrons. The van der Waals surface area contributed by atoms with Crippen molar-refractivity contribution in [2.24, 2.45) is 5.92 Å². The van der Waals surface area contributed by atoms with Crippen LogP contribution < -0.4 is 10.0 Å². The van der Waals surface area contributed by atoms with E-state index in [0.717, 1.165) is 43.9 Å². The Balaban J connectivity index is 1.81. The molecule has 0 bridgehead atoms. The Bertz CT molecular complexity index is 774. The summed E-state index contributed by atoms with van der Waals surface area (Å²) in [5.41, 5.74) is 1.96. The van der Waals surface area contributed by atoms with E-state index in [1.165, 1.54) is 0 Å². The number of morpholine rings is 1. The maximum atomic E-state index is 12.4. The van der Waals surface area contributed by atoms with E-state index in [4.69, 9.17) is 4.74 Å². The minimum absolute atomic E-state index is 0.0769. The zero-order valence-corrected chi connectivity index (χ0v) is 18.8. The minimum atomic E-state index is -3.61. The highest BCUT2D eigenvalue weighted by Gasteiger charge is 2.22. The Kier molecular flexibility index (Phi) is 9.07. The number of ether oxygens (including phenoxy) is 1. The smallest absolute Gasteiger partial charge is 0.240 e. The van der Waals surface area contributed by atoms with Gasteiger partial charge in [-0.25, -0.2) is 13.1 Å². The standard InChI is InChI=1S/C21H35N3O4S/c1-16(2)13-19(24-9-11-28-12-10-24)15-22-21(25)7-8-23-29(26,27)20-6-5-17(3)18(4)14-20/h5-6,14,16,19,23H,7-13,15H2,1-4H3,(H,22,25). The lowest BCUT2D eigenvalue weighted by Gasteiger charge is -2.35. The van der Waals surface area contributed by atoms with Crippen LogP contribution in [0.15, 0.2) is 23.1 Å². The van der Waals surface area contributed by atoms with Crippen molar-refractivity contribution in [3.63, 3.8) is 0 Å². The fourth-order valence-corrected chi connectivity index (χ4v) is 4.55. The van der Waals surface area contributed by atoms with E-state index in [9.17, 15) is 13.2 Å². The second kappa shape index (κ2) is 11.1. The number of hydrogen-bond acceptors (Lipinski definition) is 5. The molecule has 1 aliphatic heterocycles. The van der Waals surface area contributed by atoms with Gasteiger partial charge in [0.2, 0.25) is 15.9 Å². The third kappa shape index (κ3) is 7.70. The molecule has 1 amide bonds. The van der Waals surface area contributed by atoms with Crippen molar-refractivity contribution >= 4 is 15.9 Å². The first-order valence-electron chi connectivity index (χ1n) is 10.3. The van der Waals surface area contributed by atoms with E-state index < -0.39 is 10.0 Å². The van der Waals surface area contributed by atoms with Gasteiger partial charge in [-0.1, -0.05) is 19.9 Å². The molecule has 164 valence electrons. The van der Waals surface area contributed by atoms with E-state index in [2.05, 4.69) is 28.8 Å². The van der Waals surface area contributed by atoms with Crippen LogP contribution in [0.2, 0.25) is 0 Å². The van der Waals surface area contributed by atoms with E-state index in [-0.39, 0.29) is 29.8 Å². The molecule has 0 saturated carbocycles. The number of sulfonamides is 1. The molecule has 0 spiro atoms. The van der Waals surface area contributed by atoms with Crippen LogP contribution in [0.3, 0.4) is 0 Å². The third-order valence-corrected chi connectivity index (χ3v) is 6.73. The van der Waals surface area contributed by atoms with Crippen molar-refractivity contribution in [3.05, 3.63) is 29.3 Å². The molecular weight excluding hydrogens is 390 g/mol. The second-order valence-electron chi connectivity index (χ2n) is 8.13. The maximum absolute atomic E-state index is 12.4. The van der Waals surface area contributed by atoms with Gasteiger partial charge < -0.3 is 10.1 Å². The van der Waals surface area contributed by atoms with Gasteiger partial charge in [-0.3, -0.25) is 9.69 Å². The van der Waals surface area contributed by atoms with Crippen molar-refractivity contribution in [2.75, 3.05) is 39.4 Å².